The SMILES string of the molecule is CCN1CCn2cc(S(=O)(=O)NCc3ccc(C)c(C)c3)cc2C1=O. The number of rotatable bonds is 5. The van der Waals surface area contributed by atoms with Crippen molar-refractivity contribution in [3.63, 3.8) is 0 Å². The van der Waals surface area contributed by atoms with Gasteiger partial charge >= 0.3 is 0 Å². The molecule has 0 bridgehead atoms. The Hall–Kier alpha value is -2.12. The van der Waals surface area contributed by atoms with Crippen molar-refractivity contribution >= 4 is 15.9 Å². The topological polar surface area (TPSA) is 71.4 Å². The van der Waals surface area contributed by atoms with Crippen LogP contribution in [-0.4, -0.2) is 36.9 Å². The highest BCUT2D eigenvalue weighted by atomic mass is 32.2. The van der Waals surface area contributed by atoms with Crippen molar-refractivity contribution in [2.45, 2.75) is 38.8 Å². The van der Waals surface area contributed by atoms with Crippen LogP contribution in [0.1, 0.15) is 34.1 Å². The number of fused-ring (bicyclic) bond motifs is 1. The molecule has 1 N–H and O–H groups in total. The summed E-state index contributed by atoms with van der Waals surface area (Å²) in [6.45, 7) is 8.00. The van der Waals surface area contributed by atoms with Gasteiger partial charge in [-0.3, -0.25) is 4.79 Å². The summed E-state index contributed by atoms with van der Waals surface area (Å²) in [7, 11) is -3.66. The molecule has 0 saturated heterocycles. The van der Waals surface area contributed by atoms with Crippen molar-refractivity contribution in [3.05, 3.63) is 52.8 Å². The van der Waals surface area contributed by atoms with Crippen LogP contribution in [0.3, 0.4) is 0 Å². The highest BCUT2D eigenvalue weighted by molar-refractivity contribution is 7.89. The predicted octanol–water partition coefficient (Wildman–Crippen LogP) is 2.06. The molecule has 1 amide bonds. The molecule has 0 radical (unpaired) electrons. The zero-order valence-electron chi connectivity index (χ0n) is 14.7. The number of nitrogens with one attached hydrogen (secondary N) is 1. The van der Waals surface area contributed by atoms with E-state index in [1.165, 1.54) is 11.6 Å². The quantitative estimate of drug-likeness (QED) is 0.886. The van der Waals surface area contributed by atoms with Gasteiger partial charge in [0.2, 0.25) is 10.0 Å². The van der Waals surface area contributed by atoms with Gasteiger partial charge in [-0.15, -0.1) is 0 Å². The summed E-state index contributed by atoms with van der Waals surface area (Å²) < 4.78 is 29.5. The van der Waals surface area contributed by atoms with Gasteiger partial charge in [0, 0.05) is 32.4 Å². The van der Waals surface area contributed by atoms with E-state index in [0.29, 0.717) is 25.3 Å². The summed E-state index contributed by atoms with van der Waals surface area (Å²) in [5.41, 5.74) is 3.63. The zero-order valence-corrected chi connectivity index (χ0v) is 15.6. The molecule has 0 spiro atoms. The fraction of sp³-hybridized carbons (Fsp3) is 0.389. The van der Waals surface area contributed by atoms with Gasteiger partial charge < -0.3 is 9.47 Å². The number of hydrogen-bond acceptors (Lipinski definition) is 3. The largest absolute Gasteiger partial charge is 0.340 e. The molecule has 1 aliphatic rings. The molecule has 3 rings (SSSR count). The minimum absolute atomic E-state index is 0.121. The molecule has 0 atom stereocenters. The molecular formula is C18H23N3O3S. The van der Waals surface area contributed by atoms with Gasteiger partial charge in [0.25, 0.3) is 5.91 Å². The van der Waals surface area contributed by atoms with Gasteiger partial charge in [0.1, 0.15) is 10.6 Å². The maximum Gasteiger partial charge on any atom is 0.270 e. The van der Waals surface area contributed by atoms with Gasteiger partial charge in [-0.2, -0.15) is 0 Å². The molecule has 2 aromatic rings. The first-order valence-electron chi connectivity index (χ1n) is 8.37. The predicted molar refractivity (Wildman–Crippen MR) is 96.0 cm³/mol. The number of amides is 1. The first-order valence-corrected chi connectivity index (χ1v) is 9.85. The minimum atomic E-state index is -3.66. The highest BCUT2D eigenvalue weighted by Gasteiger charge is 2.27. The number of aryl methyl sites for hydroxylation is 2. The Morgan fingerprint density at radius 2 is 1.88 bits per heavy atom. The Morgan fingerprint density at radius 1 is 1.12 bits per heavy atom. The molecule has 1 aromatic heterocycles. The lowest BCUT2D eigenvalue weighted by molar-refractivity contribution is 0.0715. The summed E-state index contributed by atoms with van der Waals surface area (Å²) in [5.74, 6) is -0.121. The molecule has 1 aliphatic heterocycles. The van der Waals surface area contributed by atoms with E-state index in [-0.39, 0.29) is 17.3 Å². The molecule has 0 saturated carbocycles. The molecule has 25 heavy (non-hydrogen) atoms. The van der Waals surface area contributed by atoms with E-state index in [2.05, 4.69) is 4.72 Å². The third-order valence-corrected chi connectivity index (χ3v) is 6.09. The summed E-state index contributed by atoms with van der Waals surface area (Å²) >= 11 is 0. The van der Waals surface area contributed by atoms with Gasteiger partial charge in [-0.1, -0.05) is 18.2 Å². The van der Waals surface area contributed by atoms with Crippen LogP contribution in [0.4, 0.5) is 0 Å². The number of carbonyl (C=O) groups is 1. The van der Waals surface area contributed by atoms with Gasteiger partial charge in [-0.25, -0.2) is 13.1 Å². The van der Waals surface area contributed by atoms with Crippen LogP contribution >= 0.6 is 0 Å². The zero-order chi connectivity index (χ0) is 18.2. The van der Waals surface area contributed by atoms with Crippen LogP contribution in [0, 0.1) is 13.8 Å². The van der Waals surface area contributed by atoms with Crippen LogP contribution in [0.15, 0.2) is 35.4 Å². The molecule has 0 fully saturated rings. The molecule has 134 valence electrons. The van der Waals surface area contributed by atoms with Crippen molar-refractivity contribution < 1.29 is 13.2 Å². The van der Waals surface area contributed by atoms with Crippen molar-refractivity contribution in [1.82, 2.24) is 14.2 Å². The Morgan fingerprint density at radius 3 is 2.56 bits per heavy atom. The van der Waals surface area contributed by atoms with E-state index in [1.54, 1.807) is 15.7 Å². The number of carbonyl (C=O) groups excluding carboxylic acids is 1. The van der Waals surface area contributed by atoms with Gasteiger partial charge in [-0.05, 0) is 43.5 Å². The summed E-state index contributed by atoms with van der Waals surface area (Å²) in [6, 6.07) is 7.34. The van der Waals surface area contributed by atoms with Gasteiger partial charge in [0.15, 0.2) is 0 Å². The maximum atomic E-state index is 12.6. The van der Waals surface area contributed by atoms with E-state index in [1.807, 2.05) is 39.0 Å². The standard InChI is InChI=1S/C18H23N3O3S/c1-4-20-7-8-21-12-16(10-17(21)18(20)22)25(23,24)19-11-15-6-5-13(2)14(3)9-15/h5-6,9-10,12,19H,4,7-8,11H2,1-3H3. The molecule has 2 heterocycles. The second-order valence-electron chi connectivity index (χ2n) is 6.38. The first kappa shape index (κ1) is 17.7. The van der Waals surface area contributed by atoms with Crippen LogP contribution in [0.5, 0.6) is 0 Å². The average Bonchev–Trinajstić information content (AvgIpc) is 3.02. The Bertz CT molecular complexity index is 916. The lowest BCUT2D eigenvalue weighted by Crippen LogP contribution is -2.39. The van der Waals surface area contributed by atoms with Crippen LogP contribution < -0.4 is 4.72 Å². The van der Waals surface area contributed by atoms with Crippen LogP contribution in [-0.2, 0) is 23.1 Å². The van der Waals surface area contributed by atoms with E-state index in [4.69, 9.17) is 0 Å². The number of nitrogens with zero attached hydrogens (tertiary/aromatic N) is 2. The lowest BCUT2D eigenvalue weighted by Gasteiger charge is -2.26. The molecule has 1 aromatic carbocycles. The Labute approximate surface area is 148 Å². The summed E-state index contributed by atoms with van der Waals surface area (Å²) in [4.78, 5) is 14.2. The second-order valence-corrected chi connectivity index (χ2v) is 8.15. The summed E-state index contributed by atoms with van der Waals surface area (Å²) in [5, 5.41) is 0. The normalized spacial score (nSPS) is 14.7. The molecular weight excluding hydrogens is 338 g/mol. The number of likely N-dealkylation sites (N-methyl/N-ethyl adjacent to an activating group) is 1. The monoisotopic (exact) mass is 361 g/mol. The number of benzene rings is 1. The fourth-order valence-corrected chi connectivity index (χ4v) is 4.02. The highest BCUT2D eigenvalue weighted by Crippen LogP contribution is 2.20. The third kappa shape index (κ3) is 3.48. The van der Waals surface area contributed by atoms with Crippen molar-refractivity contribution in [1.29, 1.82) is 0 Å². The number of hydrogen-bond donors (Lipinski definition) is 1. The fourth-order valence-electron chi connectivity index (χ4n) is 2.96. The molecule has 7 heteroatoms. The first-order chi connectivity index (χ1) is 11.8. The van der Waals surface area contributed by atoms with E-state index >= 15 is 0 Å². The van der Waals surface area contributed by atoms with Crippen molar-refractivity contribution in [2.75, 3.05) is 13.1 Å². The molecule has 0 aliphatic carbocycles. The van der Waals surface area contributed by atoms with Gasteiger partial charge in [0.05, 0.1) is 0 Å². The summed E-state index contributed by atoms with van der Waals surface area (Å²) in [6.07, 6.45) is 1.54. The van der Waals surface area contributed by atoms with Crippen LogP contribution in [0.25, 0.3) is 0 Å². The molecule has 0 unspecified atom stereocenters. The Balaban J connectivity index is 1.79. The second kappa shape index (κ2) is 6.65. The number of sulfonamides is 1. The van der Waals surface area contributed by atoms with Crippen LogP contribution in [0.2, 0.25) is 0 Å². The van der Waals surface area contributed by atoms with Crippen molar-refractivity contribution in [3.8, 4) is 0 Å². The van der Waals surface area contributed by atoms with E-state index < -0.39 is 10.0 Å². The average molecular weight is 361 g/mol. The minimum Gasteiger partial charge on any atom is -0.340 e. The maximum absolute atomic E-state index is 12.6. The third-order valence-electron chi connectivity index (χ3n) is 4.72. The van der Waals surface area contributed by atoms with E-state index in [0.717, 1.165) is 11.1 Å². The van der Waals surface area contributed by atoms with E-state index in [9.17, 15) is 13.2 Å². The Kier molecular flexibility index (Phi) is 4.71. The van der Waals surface area contributed by atoms with Crippen molar-refractivity contribution in [2.24, 2.45) is 0 Å². The number of aromatic nitrogens is 1. The molecule has 6 nitrogen and oxygen atoms in total. The lowest BCUT2D eigenvalue weighted by atomic mass is 10.1. The smallest absolute Gasteiger partial charge is 0.270 e.